The first kappa shape index (κ1) is 28.9. The van der Waals surface area contributed by atoms with Gasteiger partial charge in [-0.3, -0.25) is 9.69 Å². The summed E-state index contributed by atoms with van der Waals surface area (Å²) >= 11 is 0. The van der Waals surface area contributed by atoms with Crippen LogP contribution in [0, 0.1) is 5.92 Å². The number of nitrogens with zero attached hydrogens (tertiary/aromatic N) is 1. The van der Waals surface area contributed by atoms with E-state index in [2.05, 4.69) is 10.6 Å². The number of hydrogen-bond donors (Lipinski definition) is 3. The average Bonchev–Trinajstić information content (AvgIpc) is 3.19. The van der Waals surface area contributed by atoms with E-state index in [9.17, 15) is 27.9 Å². The van der Waals surface area contributed by atoms with E-state index in [0.717, 1.165) is 5.56 Å². The van der Waals surface area contributed by atoms with Crippen LogP contribution in [0.5, 0.6) is 0 Å². The van der Waals surface area contributed by atoms with E-state index in [4.69, 9.17) is 4.74 Å². The molecule has 0 aromatic heterocycles. The van der Waals surface area contributed by atoms with Crippen molar-refractivity contribution in [3.05, 3.63) is 35.9 Å². The number of β-amino-alcohol motifs (C(OH)–C–C–N with tert-alkyl or cyclic N) is 1. The number of halogens is 3. The zero-order valence-electron chi connectivity index (χ0n) is 21.1. The molecular weight excluding hydrogens is 463 g/mol. The fourth-order valence-corrected chi connectivity index (χ4v) is 4.18. The molecule has 1 aliphatic heterocycles. The van der Waals surface area contributed by atoms with Gasteiger partial charge < -0.3 is 20.5 Å². The summed E-state index contributed by atoms with van der Waals surface area (Å²) in [6, 6.07) is 5.65. The molecule has 1 aromatic rings. The Morgan fingerprint density at radius 3 is 2.31 bits per heavy atom. The molecule has 1 aliphatic rings. The molecule has 2 rings (SSSR count). The molecule has 35 heavy (non-hydrogen) atoms. The first-order chi connectivity index (χ1) is 16.2. The van der Waals surface area contributed by atoms with Gasteiger partial charge in [0.15, 0.2) is 0 Å². The number of alkyl carbamates (subject to hydrolysis) is 1. The second-order valence-corrected chi connectivity index (χ2v) is 10.4. The Morgan fingerprint density at radius 2 is 1.77 bits per heavy atom. The molecular formula is C25H38F3N3O4. The van der Waals surface area contributed by atoms with E-state index in [1.807, 2.05) is 30.3 Å². The van der Waals surface area contributed by atoms with Crippen LogP contribution in [0.2, 0.25) is 0 Å². The van der Waals surface area contributed by atoms with Crippen molar-refractivity contribution >= 4 is 12.0 Å². The van der Waals surface area contributed by atoms with Crippen molar-refractivity contribution in [2.45, 2.75) is 89.9 Å². The maximum atomic E-state index is 13.4. The third-order valence-electron chi connectivity index (χ3n) is 5.87. The van der Waals surface area contributed by atoms with Crippen LogP contribution in [-0.4, -0.2) is 71.1 Å². The number of carbonyl (C=O) groups excluding carboxylic acids is 2. The highest BCUT2D eigenvalue weighted by Crippen LogP contribution is 2.32. The number of aliphatic hydroxyl groups is 1. The smallest absolute Gasteiger partial charge is 0.408 e. The molecule has 1 saturated heterocycles. The zero-order chi connectivity index (χ0) is 26.4. The number of likely N-dealkylation sites (tertiary alicyclic amines) is 1. The number of carbonyl (C=O) groups is 2. The van der Waals surface area contributed by atoms with Crippen molar-refractivity contribution < 1.29 is 32.6 Å². The maximum absolute atomic E-state index is 13.4. The van der Waals surface area contributed by atoms with Crippen LogP contribution < -0.4 is 10.6 Å². The molecule has 7 nitrogen and oxygen atoms in total. The molecule has 4 atom stereocenters. The molecule has 3 N–H and O–H groups in total. The van der Waals surface area contributed by atoms with Crippen molar-refractivity contribution in [2.75, 3.05) is 13.1 Å². The average molecular weight is 502 g/mol. The summed E-state index contributed by atoms with van der Waals surface area (Å²) < 4.78 is 45.5. The van der Waals surface area contributed by atoms with Gasteiger partial charge in [0.1, 0.15) is 17.7 Å². The van der Waals surface area contributed by atoms with Crippen LogP contribution >= 0.6 is 0 Å². The SMILES string of the molecule is CC(C)[C@H](NC(=O)OC(C)(C)C)C(=O)N[C@@H](Cc1ccccc1)[C@@H](O)CN1CCC[C@H]1C(F)(F)F. The number of aliphatic hydroxyl groups excluding tert-OH is 1. The second-order valence-electron chi connectivity index (χ2n) is 10.4. The lowest BCUT2D eigenvalue weighted by atomic mass is 9.98. The monoisotopic (exact) mass is 501 g/mol. The third-order valence-corrected chi connectivity index (χ3v) is 5.87. The predicted molar refractivity (Wildman–Crippen MR) is 127 cm³/mol. The number of alkyl halides is 3. The molecule has 1 aromatic carbocycles. The Hall–Kier alpha value is -2.33. The lowest BCUT2D eigenvalue weighted by Crippen LogP contribution is -2.57. The minimum absolute atomic E-state index is 0.0127. The van der Waals surface area contributed by atoms with Gasteiger partial charge in [-0.2, -0.15) is 13.2 Å². The summed E-state index contributed by atoms with van der Waals surface area (Å²) in [4.78, 5) is 26.7. The van der Waals surface area contributed by atoms with Gasteiger partial charge >= 0.3 is 12.3 Å². The Labute approximate surface area is 205 Å². The number of ether oxygens (including phenoxy) is 1. The Kier molecular flexibility index (Phi) is 9.97. The van der Waals surface area contributed by atoms with E-state index in [1.165, 1.54) is 4.90 Å². The van der Waals surface area contributed by atoms with Crippen LogP contribution in [0.3, 0.4) is 0 Å². The minimum atomic E-state index is -4.38. The summed E-state index contributed by atoms with van der Waals surface area (Å²) in [6.07, 6.45) is -5.79. The lowest BCUT2D eigenvalue weighted by Gasteiger charge is -2.33. The Morgan fingerprint density at radius 1 is 1.14 bits per heavy atom. The van der Waals surface area contributed by atoms with E-state index < -0.39 is 48.0 Å². The van der Waals surface area contributed by atoms with Gasteiger partial charge in [-0.1, -0.05) is 44.2 Å². The molecule has 2 amide bonds. The van der Waals surface area contributed by atoms with Crippen molar-refractivity contribution in [3.8, 4) is 0 Å². The summed E-state index contributed by atoms with van der Waals surface area (Å²) in [5, 5.41) is 16.3. The highest BCUT2D eigenvalue weighted by atomic mass is 19.4. The van der Waals surface area contributed by atoms with Gasteiger partial charge in [0.05, 0.1) is 12.1 Å². The summed E-state index contributed by atoms with van der Waals surface area (Å²) in [5.41, 5.74) is 0.0608. The maximum Gasteiger partial charge on any atom is 0.408 e. The molecule has 0 bridgehead atoms. The van der Waals surface area contributed by atoms with Crippen LogP contribution in [0.1, 0.15) is 53.0 Å². The van der Waals surface area contributed by atoms with Crippen LogP contribution in [0.15, 0.2) is 30.3 Å². The molecule has 0 unspecified atom stereocenters. The van der Waals surface area contributed by atoms with Gasteiger partial charge in [-0.05, 0) is 58.1 Å². The molecule has 1 fully saturated rings. The normalized spacial score (nSPS) is 19.8. The van der Waals surface area contributed by atoms with Gasteiger partial charge in [0, 0.05) is 6.54 Å². The van der Waals surface area contributed by atoms with Crippen LogP contribution in [-0.2, 0) is 16.0 Å². The van der Waals surface area contributed by atoms with E-state index in [0.29, 0.717) is 6.42 Å². The van der Waals surface area contributed by atoms with Crippen LogP contribution in [0.25, 0.3) is 0 Å². The second kappa shape index (κ2) is 12.1. The van der Waals surface area contributed by atoms with Gasteiger partial charge in [-0.15, -0.1) is 0 Å². The third kappa shape index (κ3) is 9.33. The van der Waals surface area contributed by atoms with Gasteiger partial charge in [-0.25, -0.2) is 4.79 Å². The van der Waals surface area contributed by atoms with Crippen molar-refractivity contribution in [1.82, 2.24) is 15.5 Å². The fourth-order valence-electron chi connectivity index (χ4n) is 4.18. The van der Waals surface area contributed by atoms with Crippen molar-refractivity contribution in [3.63, 3.8) is 0 Å². The van der Waals surface area contributed by atoms with Crippen LogP contribution in [0.4, 0.5) is 18.0 Å². The predicted octanol–water partition coefficient (Wildman–Crippen LogP) is 3.65. The summed E-state index contributed by atoms with van der Waals surface area (Å²) in [6.45, 7) is 8.61. The van der Waals surface area contributed by atoms with Crippen molar-refractivity contribution in [2.24, 2.45) is 5.92 Å². The number of rotatable bonds is 9. The molecule has 0 radical (unpaired) electrons. The Balaban J connectivity index is 2.17. The minimum Gasteiger partial charge on any atom is -0.444 e. The van der Waals surface area contributed by atoms with E-state index >= 15 is 0 Å². The number of hydrogen-bond acceptors (Lipinski definition) is 5. The standard InChI is InChI=1S/C25H38F3N3O4/c1-16(2)21(30-23(34)35-24(3,4)5)22(33)29-18(14-17-10-7-6-8-11-17)19(32)15-31-13-9-12-20(31)25(26,27)28/h6-8,10-11,16,18-21,32H,9,12-15H2,1-5H3,(H,29,33)(H,30,34)/t18-,19-,20-,21-/m0/s1. The molecule has 198 valence electrons. The topological polar surface area (TPSA) is 90.9 Å². The first-order valence-corrected chi connectivity index (χ1v) is 12.0. The Bertz CT molecular complexity index is 827. The number of amides is 2. The molecule has 0 spiro atoms. The molecule has 0 saturated carbocycles. The number of nitrogens with one attached hydrogen (secondary N) is 2. The summed E-state index contributed by atoms with van der Waals surface area (Å²) in [7, 11) is 0. The molecule has 1 heterocycles. The van der Waals surface area contributed by atoms with Gasteiger partial charge in [0.25, 0.3) is 0 Å². The molecule has 0 aliphatic carbocycles. The largest absolute Gasteiger partial charge is 0.444 e. The van der Waals surface area contributed by atoms with E-state index in [-0.39, 0.29) is 31.8 Å². The first-order valence-electron chi connectivity index (χ1n) is 12.0. The summed E-state index contributed by atoms with van der Waals surface area (Å²) in [5.74, 6) is -0.843. The lowest BCUT2D eigenvalue weighted by molar-refractivity contribution is -0.178. The quantitative estimate of drug-likeness (QED) is 0.481. The number of benzene rings is 1. The van der Waals surface area contributed by atoms with Crippen molar-refractivity contribution in [1.29, 1.82) is 0 Å². The zero-order valence-corrected chi connectivity index (χ0v) is 21.1. The fraction of sp³-hybridized carbons (Fsp3) is 0.680. The highest BCUT2D eigenvalue weighted by molar-refractivity contribution is 5.86. The molecule has 10 heteroatoms. The van der Waals surface area contributed by atoms with Gasteiger partial charge in [0.2, 0.25) is 5.91 Å². The highest BCUT2D eigenvalue weighted by Gasteiger charge is 2.46. The van der Waals surface area contributed by atoms with E-state index in [1.54, 1.807) is 34.6 Å².